The van der Waals surface area contributed by atoms with Crippen LogP contribution in [-0.2, 0) is 9.53 Å². The van der Waals surface area contributed by atoms with Crippen LogP contribution in [-0.4, -0.2) is 75.8 Å². The lowest BCUT2D eigenvalue weighted by Crippen LogP contribution is -2.50. The molecule has 27 heavy (non-hydrogen) atoms. The number of morpholine rings is 1. The Morgan fingerprint density at radius 2 is 1.89 bits per heavy atom. The lowest BCUT2D eigenvalue weighted by molar-refractivity contribution is -0.125. The van der Waals surface area contributed by atoms with Crippen LogP contribution in [0.3, 0.4) is 0 Å². The zero-order valence-electron chi connectivity index (χ0n) is 17.4. The van der Waals surface area contributed by atoms with Crippen LogP contribution in [0, 0.1) is 11.8 Å². The fraction of sp³-hybridized carbons (Fsp3) is 0.900. The summed E-state index contributed by atoms with van der Waals surface area (Å²) in [6.45, 7) is 10.4. The van der Waals surface area contributed by atoms with Gasteiger partial charge in [-0.25, -0.2) is 0 Å². The van der Waals surface area contributed by atoms with Crippen molar-refractivity contribution in [3.8, 4) is 0 Å². The molecular weight excluding hydrogens is 342 g/mol. The van der Waals surface area contributed by atoms with E-state index in [1.807, 2.05) is 0 Å². The van der Waals surface area contributed by atoms with Gasteiger partial charge in [0.1, 0.15) is 0 Å². The zero-order chi connectivity index (χ0) is 19.5. The third-order valence-corrected chi connectivity index (χ3v) is 5.26. The maximum atomic E-state index is 12.1. The SMILES string of the molecule is CN=C(NCCNC(=O)C1CCCCC1)NCC1CN(CC(C)C)CCO1. The van der Waals surface area contributed by atoms with Gasteiger partial charge in [-0.3, -0.25) is 14.7 Å². The molecule has 0 aromatic rings. The molecule has 7 heteroatoms. The minimum absolute atomic E-state index is 0.182. The summed E-state index contributed by atoms with van der Waals surface area (Å²) in [6.07, 6.45) is 5.90. The van der Waals surface area contributed by atoms with E-state index in [0.717, 1.165) is 51.6 Å². The van der Waals surface area contributed by atoms with Gasteiger partial charge in [0.25, 0.3) is 0 Å². The van der Waals surface area contributed by atoms with E-state index < -0.39 is 0 Å². The van der Waals surface area contributed by atoms with Crippen molar-refractivity contribution in [1.82, 2.24) is 20.9 Å². The molecule has 3 N–H and O–H groups in total. The number of ether oxygens (including phenoxy) is 1. The highest BCUT2D eigenvalue weighted by Crippen LogP contribution is 2.23. The van der Waals surface area contributed by atoms with Crippen LogP contribution in [0.2, 0.25) is 0 Å². The molecule has 1 heterocycles. The topological polar surface area (TPSA) is 78.0 Å². The number of rotatable bonds is 8. The molecule has 1 amide bonds. The van der Waals surface area contributed by atoms with E-state index in [-0.39, 0.29) is 17.9 Å². The molecule has 0 spiro atoms. The highest BCUT2D eigenvalue weighted by atomic mass is 16.5. The van der Waals surface area contributed by atoms with Gasteiger partial charge in [0.2, 0.25) is 5.91 Å². The minimum Gasteiger partial charge on any atom is -0.374 e. The van der Waals surface area contributed by atoms with Crippen LogP contribution in [0.1, 0.15) is 46.0 Å². The van der Waals surface area contributed by atoms with Gasteiger partial charge in [-0.2, -0.15) is 0 Å². The monoisotopic (exact) mass is 381 g/mol. The zero-order valence-corrected chi connectivity index (χ0v) is 17.4. The first-order valence-electron chi connectivity index (χ1n) is 10.6. The maximum absolute atomic E-state index is 12.1. The first kappa shape index (κ1) is 22.0. The van der Waals surface area contributed by atoms with Crippen LogP contribution in [0.25, 0.3) is 0 Å². The number of carbonyl (C=O) groups is 1. The van der Waals surface area contributed by atoms with Gasteiger partial charge in [0.15, 0.2) is 5.96 Å². The van der Waals surface area contributed by atoms with Gasteiger partial charge in [-0.05, 0) is 18.8 Å². The molecule has 2 rings (SSSR count). The van der Waals surface area contributed by atoms with Gasteiger partial charge in [0.05, 0.1) is 12.7 Å². The van der Waals surface area contributed by atoms with E-state index in [4.69, 9.17) is 4.74 Å². The predicted molar refractivity (Wildman–Crippen MR) is 110 cm³/mol. The van der Waals surface area contributed by atoms with Crippen molar-refractivity contribution < 1.29 is 9.53 Å². The quantitative estimate of drug-likeness (QED) is 0.335. The summed E-state index contributed by atoms with van der Waals surface area (Å²) in [6, 6.07) is 0. The molecule has 156 valence electrons. The number of nitrogens with zero attached hydrogens (tertiary/aromatic N) is 2. The number of nitrogens with one attached hydrogen (secondary N) is 3. The molecule has 0 aromatic carbocycles. The summed E-state index contributed by atoms with van der Waals surface area (Å²) in [4.78, 5) is 18.9. The molecule has 0 aromatic heterocycles. The third kappa shape index (κ3) is 8.47. The van der Waals surface area contributed by atoms with Gasteiger partial charge in [-0.1, -0.05) is 33.1 Å². The van der Waals surface area contributed by atoms with Crippen LogP contribution in [0.4, 0.5) is 0 Å². The Bertz CT molecular complexity index is 463. The number of hydrogen-bond donors (Lipinski definition) is 3. The van der Waals surface area contributed by atoms with Crippen molar-refractivity contribution in [2.24, 2.45) is 16.8 Å². The predicted octanol–water partition coefficient (Wildman–Crippen LogP) is 1.20. The second kappa shape index (κ2) is 12.2. The number of hydrogen-bond acceptors (Lipinski definition) is 4. The molecule has 1 unspecified atom stereocenters. The summed E-state index contributed by atoms with van der Waals surface area (Å²) in [5.74, 6) is 1.86. The average Bonchev–Trinajstić information content (AvgIpc) is 2.67. The minimum atomic E-state index is 0.182. The summed E-state index contributed by atoms with van der Waals surface area (Å²) in [5, 5.41) is 9.65. The highest BCUT2D eigenvalue weighted by molar-refractivity contribution is 5.80. The van der Waals surface area contributed by atoms with E-state index in [2.05, 4.69) is 39.7 Å². The largest absolute Gasteiger partial charge is 0.374 e. The van der Waals surface area contributed by atoms with Gasteiger partial charge >= 0.3 is 0 Å². The molecular formula is C20H39N5O2. The fourth-order valence-corrected chi connectivity index (χ4v) is 3.89. The molecule has 0 bridgehead atoms. The lowest BCUT2D eigenvalue weighted by atomic mass is 9.89. The van der Waals surface area contributed by atoms with Gasteiger partial charge in [0, 0.05) is 52.2 Å². The molecule has 1 aliphatic carbocycles. The first-order valence-corrected chi connectivity index (χ1v) is 10.6. The maximum Gasteiger partial charge on any atom is 0.223 e. The van der Waals surface area contributed by atoms with Crippen molar-refractivity contribution in [3.63, 3.8) is 0 Å². The molecule has 0 radical (unpaired) electrons. The normalized spacial score (nSPS) is 22.7. The van der Waals surface area contributed by atoms with Crippen molar-refractivity contribution in [1.29, 1.82) is 0 Å². The Hall–Kier alpha value is -1.34. The van der Waals surface area contributed by atoms with E-state index in [9.17, 15) is 4.79 Å². The standard InChI is InChI=1S/C20H39N5O2/c1-16(2)14-25-11-12-27-18(15-25)13-24-20(21-3)23-10-9-22-19(26)17-7-5-4-6-8-17/h16-18H,4-15H2,1-3H3,(H,22,26)(H2,21,23,24). The Morgan fingerprint density at radius 1 is 1.15 bits per heavy atom. The Kier molecular flexibility index (Phi) is 9.91. The smallest absolute Gasteiger partial charge is 0.223 e. The molecule has 7 nitrogen and oxygen atoms in total. The van der Waals surface area contributed by atoms with Crippen LogP contribution >= 0.6 is 0 Å². The van der Waals surface area contributed by atoms with Crippen molar-refractivity contribution in [2.45, 2.75) is 52.1 Å². The Labute approximate surface area is 164 Å². The van der Waals surface area contributed by atoms with Crippen molar-refractivity contribution >= 4 is 11.9 Å². The first-order chi connectivity index (χ1) is 13.1. The van der Waals surface area contributed by atoms with E-state index in [1.54, 1.807) is 7.05 Å². The summed E-state index contributed by atoms with van der Waals surface area (Å²) < 4.78 is 5.86. The number of amides is 1. The second-order valence-corrected chi connectivity index (χ2v) is 8.15. The number of carbonyl (C=O) groups excluding carboxylic acids is 1. The highest BCUT2D eigenvalue weighted by Gasteiger charge is 2.22. The van der Waals surface area contributed by atoms with Crippen LogP contribution in [0.5, 0.6) is 0 Å². The summed E-state index contributed by atoms with van der Waals surface area (Å²) >= 11 is 0. The summed E-state index contributed by atoms with van der Waals surface area (Å²) in [5.41, 5.74) is 0. The van der Waals surface area contributed by atoms with Crippen LogP contribution < -0.4 is 16.0 Å². The van der Waals surface area contributed by atoms with Crippen molar-refractivity contribution in [3.05, 3.63) is 0 Å². The van der Waals surface area contributed by atoms with Gasteiger partial charge < -0.3 is 20.7 Å². The van der Waals surface area contributed by atoms with Crippen molar-refractivity contribution in [2.75, 3.05) is 52.9 Å². The van der Waals surface area contributed by atoms with Gasteiger partial charge in [-0.15, -0.1) is 0 Å². The number of guanidine groups is 1. The van der Waals surface area contributed by atoms with E-state index in [0.29, 0.717) is 19.0 Å². The molecule has 2 aliphatic rings. The van der Waals surface area contributed by atoms with E-state index in [1.165, 1.54) is 19.3 Å². The molecule has 2 fully saturated rings. The molecule has 1 atom stereocenters. The molecule has 1 saturated heterocycles. The Balaban J connectivity index is 1.59. The summed E-state index contributed by atoms with van der Waals surface area (Å²) in [7, 11) is 1.77. The third-order valence-electron chi connectivity index (χ3n) is 5.26. The molecule has 1 aliphatic heterocycles. The Morgan fingerprint density at radius 3 is 2.59 bits per heavy atom. The number of aliphatic imine (C=N–C) groups is 1. The average molecular weight is 382 g/mol. The molecule has 1 saturated carbocycles. The fourth-order valence-electron chi connectivity index (χ4n) is 3.89. The lowest BCUT2D eigenvalue weighted by Gasteiger charge is -2.34. The van der Waals surface area contributed by atoms with E-state index >= 15 is 0 Å². The second-order valence-electron chi connectivity index (χ2n) is 8.15. The van der Waals surface area contributed by atoms with Crippen LogP contribution in [0.15, 0.2) is 4.99 Å².